The number of carbonyl (C=O) groups is 1. The molecule has 0 amide bonds. The van der Waals surface area contributed by atoms with Gasteiger partial charge in [-0.05, 0) is 18.2 Å². The van der Waals surface area contributed by atoms with Gasteiger partial charge in [0.05, 0.1) is 36.7 Å². The molecule has 2 aromatic heterocycles. The van der Waals surface area contributed by atoms with Crippen LogP contribution in [0.4, 0.5) is 27.6 Å². The van der Waals surface area contributed by atoms with Crippen molar-refractivity contribution in [2.75, 3.05) is 17.6 Å². The maximum Gasteiger partial charge on any atom is 0.390 e. The van der Waals surface area contributed by atoms with E-state index < -0.39 is 58.0 Å². The molecule has 0 aliphatic carbocycles. The lowest BCUT2D eigenvalue weighted by atomic mass is 10.0. The van der Waals surface area contributed by atoms with E-state index in [0.717, 1.165) is 12.1 Å². The molecule has 3 aromatic rings. The number of carbonyl (C=O) groups excluding carboxylic acids is 1. The van der Waals surface area contributed by atoms with Crippen LogP contribution in [0.15, 0.2) is 30.6 Å². The zero-order chi connectivity index (χ0) is 22.1. The Morgan fingerprint density at radius 1 is 1.30 bits per heavy atom. The number of anilines is 1. The van der Waals surface area contributed by atoms with Crippen molar-refractivity contribution < 1.29 is 35.7 Å². The number of hydrogen-bond acceptors (Lipinski definition) is 4. The molecule has 0 saturated carbocycles. The summed E-state index contributed by atoms with van der Waals surface area (Å²) in [7, 11) is -0.916. The summed E-state index contributed by atoms with van der Waals surface area (Å²) in [5, 5.41) is 0.255. The van der Waals surface area contributed by atoms with Crippen LogP contribution in [0.3, 0.4) is 0 Å². The Hall–Kier alpha value is -3.02. The fraction of sp³-hybridized carbons (Fsp3) is 0.222. The number of ether oxygens (including phenoxy) is 1. The molecule has 1 atom stereocenters. The summed E-state index contributed by atoms with van der Waals surface area (Å²) in [5.74, 6) is -4.11. The Labute approximate surface area is 169 Å². The molecule has 1 aromatic carbocycles. The second-order valence-corrected chi connectivity index (χ2v) is 7.41. The molecule has 0 spiro atoms. The Balaban J connectivity index is 1.94. The highest BCUT2D eigenvalue weighted by atomic mass is 32.2. The normalized spacial score (nSPS) is 12.7. The van der Waals surface area contributed by atoms with Gasteiger partial charge in [0.1, 0.15) is 28.2 Å². The summed E-state index contributed by atoms with van der Waals surface area (Å²) in [4.78, 5) is 19.6. The van der Waals surface area contributed by atoms with E-state index in [1.165, 1.54) is 25.6 Å². The molecule has 6 nitrogen and oxygen atoms in total. The SMILES string of the molecule is COc1cnc2[nH]cc(C(=O)c3c(F)ccc(NS(=O)CCC(F)(F)F)c3F)c2c1. The van der Waals surface area contributed by atoms with E-state index >= 15 is 0 Å². The molecular formula is C18H14F5N3O3S. The van der Waals surface area contributed by atoms with Crippen molar-refractivity contribution in [1.29, 1.82) is 0 Å². The van der Waals surface area contributed by atoms with Crippen LogP contribution in [0, 0.1) is 11.6 Å². The van der Waals surface area contributed by atoms with Crippen LogP contribution in [-0.2, 0) is 11.0 Å². The van der Waals surface area contributed by atoms with Gasteiger partial charge in [0, 0.05) is 17.1 Å². The molecule has 12 heteroatoms. The number of nitrogens with one attached hydrogen (secondary N) is 2. The number of alkyl halides is 3. The largest absolute Gasteiger partial charge is 0.495 e. The highest BCUT2D eigenvalue weighted by Gasteiger charge is 2.29. The lowest BCUT2D eigenvalue weighted by Crippen LogP contribution is -2.18. The number of pyridine rings is 1. The summed E-state index contributed by atoms with van der Waals surface area (Å²) in [6.45, 7) is 0. The molecule has 0 aliphatic rings. The van der Waals surface area contributed by atoms with Crippen molar-refractivity contribution in [3.8, 4) is 5.75 Å². The Kier molecular flexibility index (Phi) is 6.06. The fourth-order valence-corrected chi connectivity index (χ4v) is 3.56. The lowest BCUT2D eigenvalue weighted by molar-refractivity contribution is -0.129. The van der Waals surface area contributed by atoms with Crippen LogP contribution in [0.2, 0.25) is 0 Å². The molecule has 0 aliphatic heterocycles. The number of aromatic amines is 1. The smallest absolute Gasteiger partial charge is 0.390 e. The second kappa shape index (κ2) is 8.38. The minimum absolute atomic E-state index is 0.0930. The number of fused-ring (bicyclic) bond motifs is 1. The van der Waals surface area contributed by atoms with Gasteiger partial charge in [0.15, 0.2) is 5.82 Å². The third-order valence-corrected chi connectivity index (χ3v) is 5.12. The minimum atomic E-state index is -4.54. The molecule has 2 N–H and O–H groups in total. The first-order valence-corrected chi connectivity index (χ1v) is 9.68. The summed E-state index contributed by atoms with van der Waals surface area (Å²) >= 11 is 0. The number of halogens is 5. The molecule has 0 bridgehead atoms. The number of aromatic nitrogens is 2. The first-order chi connectivity index (χ1) is 14.1. The third kappa shape index (κ3) is 4.58. The van der Waals surface area contributed by atoms with Gasteiger partial charge in [-0.25, -0.2) is 18.0 Å². The number of rotatable bonds is 7. The summed E-state index contributed by atoms with van der Waals surface area (Å²) < 4.78 is 84.7. The summed E-state index contributed by atoms with van der Waals surface area (Å²) in [6, 6.07) is 3.07. The number of methoxy groups -OCH3 is 1. The molecule has 1 unspecified atom stereocenters. The number of hydrogen-bond donors (Lipinski definition) is 2. The van der Waals surface area contributed by atoms with Crippen molar-refractivity contribution in [2.24, 2.45) is 0 Å². The highest BCUT2D eigenvalue weighted by Crippen LogP contribution is 2.28. The van der Waals surface area contributed by atoms with E-state index in [9.17, 15) is 31.0 Å². The van der Waals surface area contributed by atoms with Gasteiger partial charge < -0.3 is 14.4 Å². The first kappa shape index (κ1) is 21.7. The van der Waals surface area contributed by atoms with E-state index in [1.54, 1.807) is 0 Å². The maximum atomic E-state index is 14.8. The minimum Gasteiger partial charge on any atom is -0.495 e. The van der Waals surface area contributed by atoms with Gasteiger partial charge in [0.2, 0.25) is 5.78 Å². The Bertz CT molecular complexity index is 1130. The summed E-state index contributed by atoms with van der Waals surface area (Å²) in [6.07, 6.45) is -3.29. The topological polar surface area (TPSA) is 84.1 Å². The van der Waals surface area contributed by atoms with Gasteiger partial charge in [-0.3, -0.25) is 4.79 Å². The van der Waals surface area contributed by atoms with Crippen LogP contribution in [0.1, 0.15) is 22.3 Å². The second-order valence-electron chi connectivity index (χ2n) is 6.10. The molecule has 2 heterocycles. The van der Waals surface area contributed by atoms with Crippen LogP contribution in [-0.4, -0.2) is 39.0 Å². The van der Waals surface area contributed by atoms with Crippen molar-refractivity contribution in [3.05, 3.63) is 53.4 Å². The molecule has 0 radical (unpaired) electrons. The fourth-order valence-electron chi connectivity index (χ4n) is 2.64. The van der Waals surface area contributed by atoms with Crippen molar-refractivity contribution in [3.63, 3.8) is 0 Å². The molecular weight excluding hydrogens is 433 g/mol. The Morgan fingerprint density at radius 3 is 2.70 bits per heavy atom. The number of nitrogens with zero attached hydrogens (tertiary/aromatic N) is 1. The van der Waals surface area contributed by atoms with E-state index in [1.807, 2.05) is 4.72 Å². The van der Waals surface area contributed by atoms with Gasteiger partial charge in [-0.1, -0.05) is 0 Å². The van der Waals surface area contributed by atoms with E-state index in [4.69, 9.17) is 4.74 Å². The Morgan fingerprint density at radius 2 is 2.03 bits per heavy atom. The van der Waals surface area contributed by atoms with E-state index in [2.05, 4.69) is 9.97 Å². The molecule has 3 rings (SSSR count). The van der Waals surface area contributed by atoms with Crippen LogP contribution in [0.5, 0.6) is 5.75 Å². The van der Waals surface area contributed by atoms with Gasteiger partial charge in [-0.15, -0.1) is 0 Å². The monoisotopic (exact) mass is 447 g/mol. The highest BCUT2D eigenvalue weighted by molar-refractivity contribution is 7.86. The number of benzene rings is 1. The predicted molar refractivity (Wildman–Crippen MR) is 99.7 cm³/mol. The predicted octanol–water partition coefficient (Wildman–Crippen LogP) is 4.11. The molecule has 0 fully saturated rings. The average molecular weight is 447 g/mol. The average Bonchev–Trinajstić information content (AvgIpc) is 3.11. The molecule has 160 valence electrons. The number of ketones is 1. The van der Waals surface area contributed by atoms with Crippen molar-refractivity contribution in [1.82, 2.24) is 9.97 Å². The van der Waals surface area contributed by atoms with Crippen LogP contribution >= 0.6 is 0 Å². The molecule has 0 saturated heterocycles. The quantitative estimate of drug-likeness (QED) is 0.422. The van der Waals surface area contributed by atoms with Crippen molar-refractivity contribution >= 4 is 33.5 Å². The number of H-pyrrole nitrogens is 1. The van der Waals surface area contributed by atoms with E-state index in [0.29, 0.717) is 5.75 Å². The first-order valence-electron chi connectivity index (χ1n) is 8.36. The van der Waals surface area contributed by atoms with Gasteiger partial charge in [-0.2, -0.15) is 13.2 Å². The third-order valence-electron chi connectivity index (χ3n) is 4.10. The van der Waals surface area contributed by atoms with Crippen molar-refractivity contribution in [2.45, 2.75) is 12.6 Å². The zero-order valence-corrected chi connectivity index (χ0v) is 16.1. The van der Waals surface area contributed by atoms with Gasteiger partial charge in [0.25, 0.3) is 0 Å². The van der Waals surface area contributed by atoms with Crippen LogP contribution in [0.25, 0.3) is 11.0 Å². The standard InChI is InChI=1S/C18H14F5N3O3S/c1-29-9-6-10-11(8-25-17(10)24-7-9)16(27)14-12(19)2-3-13(15(14)20)26-30(28)5-4-18(21,22)23/h2-3,6-8,26H,4-5H2,1H3,(H,24,25). The summed E-state index contributed by atoms with van der Waals surface area (Å²) in [5.41, 5.74) is -1.32. The molecule has 30 heavy (non-hydrogen) atoms. The lowest BCUT2D eigenvalue weighted by Gasteiger charge is -2.11. The van der Waals surface area contributed by atoms with Gasteiger partial charge >= 0.3 is 6.18 Å². The van der Waals surface area contributed by atoms with E-state index in [-0.39, 0.29) is 16.6 Å². The maximum absolute atomic E-state index is 14.8. The van der Waals surface area contributed by atoms with Crippen LogP contribution < -0.4 is 9.46 Å². The zero-order valence-electron chi connectivity index (χ0n) is 15.3.